The second-order valence-corrected chi connectivity index (χ2v) is 5.90. The number of carbonyl (C=O) groups excluding carboxylic acids is 3. The van der Waals surface area contributed by atoms with Crippen LogP contribution < -0.4 is 19.5 Å². The van der Waals surface area contributed by atoms with E-state index in [0.29, 0.717) is 35.6 Å². The fourth-order valence-corrected chi connectivity index (χ4v) is 2.34. The summed E-state index contributed by atoms with van der Waals surface area (Å²) in [5.41, 5.74) is 0.967. The van der Waals surface area contributed by atoms with E-state index in [0.717, 1.165) is 0 Å². The van der Waals surface area contributed by atoms with E-state index in [1.807, 2.05) is 6.92 Å². The third kappa shape index (κ3) is 6.53. The lowest BCUT2D eigenvalue weighted by Crippen LogP contribution is -2.31. The molecular formula is C21H23NO7. The van der Waals surface area contributed by atoms with Gasteiger partial charge >= 0.3 is 5.97 Å². The molecule has 0 aliphatic heterocycles. The smallest absolute Gasteiger partial charge is 0.344 e. The number of benzene rings is 2. The molecule has 0 heterocycles. The van der Waals surface area contributed by atoms with Crippen LogP contribution in [0.1, 0.15) is 24.2 Å². The summed E-state index contributed by atoms with van der Waals surface area (Å²) in [4.78, 5) is 35.0. The Labute approximate surface area is 168 Å². The summed E-state index contributed by atoms with van der Waals surface area (Å²) in [5, 5.41) is 2.66. The normalized spacial score (nSPS) is 11.1. The number of methoxy groups -OCH3 is 1. The Morgan fingerprint density at radius 3 is 2.41 bits per heavy atom. The molecule has 0 aromatic heterocycles. The van der Waals surface area contributed by atoms with E-state index in [2.05, 4.69) is 5.32 Å². The number of aldehydes is 1. The predicted octanol–water partition coefficient (Wildman–Crippen LogP) is 2.86. The Kier molecular flexibility index (Phi) is 8.02. The maximum Gasteiger partial charge on any atom is 0.344 e. The summed E-state index contributed by atoms with van der Waals surface area (Å²) in [6.45, 7) is 3.47. The van der Waals surface area contributed by atoms with Gasteiger partial charge < -0.3 is 24.3 Å². The molecule has 0 unspecified atom stereocenters. The van der Waals surface area contributed by atoms with Gasteiger partial charge in [-0.25, -0.2) is 4.79 Å². The zero-order chi connectivity index (χ0) is 21.2. The van der Waals surface area contributed by atoms with Crippen LogP contribution in [0.5, 0.6) is 17.2 Å². The van der Waals surface area contributed by atoms with Gasteiger partial charge in [-0.1, -0.05) is 0 Å². The molecule has 154 valence electrons. The van der Waals surface area contributed by atoms with Gasteiger partial charge in [-0.3, -0.25) is 9.59 Å². The first kappa shape index (κ1) is 21.7. The number of nitrogens with one attached hydrogen (secondary N) is 1. The molecule has 0 saturated carbocycles. The van der Waals surface area contributed by atoms with Gasteiger partial charge in [0.15, 0.2) is 24.2 Å². The van der Waals surface area contributed by atoms with Gasteiger partial charge in [0, 0.05) is 11.3 Å². The average Bonchev–Trinajstić information content (AvgIpc) is 2.73. The molecule has 0 aliphatic rings. The molecule has 0 fully saturated rings. The SMILES string of the molecule is CCOc1ccc(NC(=O)[C@H](C)OC(=O)COc2ccc(C=O)cc2OC)cc1. The van der Waals surface area contributed by atoms with Crippen molar-refractivity contribution in [1.29, 1.82) is 0 Å². The lowest BCUT2D eigenvalue weighted by Gasteiger charge is -2.15. The van der Waals surface area contributed by atoms with Gasteiger partial charge in [0.25, 0.3) is 5.91 Å². The molecule has 0 spiro atoms. The van der Waals surface area contributed by atoms with Crippen molar-refractivity contribution in [2.75, 3.05) is 25.6 Å². The molecule has 8 nitrogen and oxygen atoms in total. The number of esters is 1. The summed E-state index contributed by atoms with van der Waals surface area (Å²) in [5.74, 6) is 0.0836. The molecule has 1 N–H and O–H groups in total. The molecule has 2 rings (SSSR count). The zero-order valence-corrected chi connectivity index (χ0v) is 16.5. The Morgan fingerprint density at radius 2 is 1.79 bits per heavy atom. The third-order valence-corrected chi connectivity index (χ3v) is 3.78. The summed E-state index contributed by atoms with van der Waals surface area (Å²) >= 11 is 0. The van der Waals surface area contributed by atoms with E-state index in [1.54, 1.807) is 24.3 Å². The van der Waals surface area contributed by atoms with E-state index in [1.165, 1.54) is 32.2 Å². The fourth-order valence-electron chi connectivity index (χ4n) is 2.34. The van der Waals surface area contributed by atoms with Gasteiger partial charge in [0.2, 0.25) is 0 Å². The van der Waals surface area contributed by atoms with Crippen LogP contribution in [0.4, 0.5) is 5.69 Å². The summed E-state index contributed by atoms with van der Waals surface area (Å²) in [7, 11) is 1.42. The Bertz CT molecular complexity index is 849. The topological polar surface area (TPSA) is 100 Å². The second kappa shape index (κ2) is 10.7. The molecule has 1 amide bonds. The maximum absolute atomic E-state index is 12.2. The van der Waals surface area contributed by atoms with Crippen LogP contribution >= 0.6 is 0 Å². The monoisotopic (exact) mass is 401 g/mol. The highest BCUT2D eigenvalue weighted by Gasteiger charge is 2.19. The van der Waals surface area contributed by atoms with Crippen molar-refractivity contribution >= 4 is 23.9 Å². The first-order valence-corrected chi connectivity index (χ1v) is 8.96. The van der Waals surface area contributed by atoms with Crippen LogP contribution in [0, 0.1) is 0 Å². The molecule has 2 aromatic rings. The van der Waals surface area contributed by atoms with Crippen molar-refractivity contribution in [1.82, 2.24) is 0 Å². The maximum atomic E-state index is 12.2. The van der Waals surface area contributed by atoms with Gasteiger partial charge in [-0.15, -0.1) is 0 Å². The Morgan fingerprint density at radius 1 is 1.07 bits per heavy atom. The minimum Gasteiger partial charge on any atom is -0.494 e. The van der Waals surface area contributed by atoms with E-state index >= 15 is 0 Å². The van der Waals surface area contributed by atoms with Crippen molar-refractivity contribution in [3.63, 3.8) is 0 Å². The quantitative estimate of drug-likeness (QED) is 0.483. The molecule has 8 heteroatoms. The number of ether oxygens (including phenoxy) is 4. The van der Waals surface area contributed by atoms with Gasteiger partial charge in [0.05, 0.1) is 13.7 Å². The van der Waals surface area contributed by atoms with Crippen molar-refractivity contribution in [3.8, 4) is 17.2 Å². The molecule has 29 heavy (non-hydrogen) atoms. The molecule has 0 saturated heterocycles. The summed E-state index contributed by atoms with van der Waals surface area (Å²) in [6.07, 6.45) is -0.345. The first-order chi connectivity index (χ1) is 14.0. The predicted molar refractivity (Wildman–Crippen MR) is 106 cm³/mol. The number of anilines is 1. The average molecular weight is 401 g/mol. The van der Waals surface area contributed by atoms with E-state index in [4.69, 9.17) is 18.9 Å². The van der Waals surface area contributed by atoms with Crippen LogP contribution in [0.2, 0.25) is 0 Å². The zero-order valence-electron chi connectivity index (χ0n) is 16.5. The summed E-state index contributed by atoms with van der Waals surface area (Å²) < 4.78 is 20.9. The van der Waals surface area contributed by atoms with Crippen molar-refractivity contribution < 1.29 is 33.3 Å². The Hall–Kier alpha value is -3.55. The first-order valence-electron chi connectivity index (χ1n) is 8.96. The highest BCUT2D eigenvalue weighted by Crippen LogP contribution is 2.27. The second-order valence-electron chi connectivity index (χ2n) is 5.90. The molecule has 0 radical (unpaired) electrons. The number of hydrogen-bond acceptors (Lipinski definition) is 7. The van der Waals surface area contributed by atoms with Crippen molar-refractivity contribution in [2.45, 2.75) is 20.0 Å². The number of hydrogen-bond donors (Lipinski definition) is 1. The lowest BCUT2D eigenvalue weighted by molar-refractivity contribution is -0.155. The largest absolute Gasteiger partial charge is 0.494 e. The lowest BCUT2D eigenvalue weighted by atomic mass is 10.2. The third-order valence-electron chi connectivity index (χ3n) is 3.78. The fraction of sp³-hybridized carbons (Fsp3) is 0.286. The highest BCUT2D eigenvalue weighted by molar-refractivity contribution is 5.95. The number of amides is 1. The van der Waals surface area contributed by atoms with E-state index in [-0.39, 0.29) is 5.75 Å². The summed E-state index contributed by atoms with van der Waals surface area (Å²) in [6, 6.07) is 11.4. The van der Waals surface area contributed by atoms with E-state index < -0.39 is 24.6 Å². The minimum absolute atomic E-state index is 0.279. The van der Waals surface area contributed by atoms with Crippen molar-refractivity contribution in [3.05, 3.63) is 48.0 Å². The standard InChI is InChI=1S/C21H23NO7/c1-4-27-17-8-6-16(7-9-17)22-21(25)14(2)29-20(24)13-28-18-10-5-15(12-23)11-19(18)26-3/h5-12,14H,4,13H2,1-3H3,(H,22,25)/t14-/m0/s1. The van der Waals surface area contributed by atoms with Gasteiger partial charge in [0.1, 0.15) is 12.0 Å². The minimum atomic E-state index is -1.02. The molecule has 1 atom stereocenters. The van der Waals surface area contributed by atoms with Crippen LogP contribution in [0.3, 0.4) is 0 Å². The van der Waals surface area contributed by atoms with E-state index in [9.17, 15) is 14.4 Å². The number of rotatable bonds is 10. The van der Waals surface area contributed by atoms with Gasteiger partial charge in [-0.2, -0.15) is 0 Å². The molecule has 0 bridgehead atoms. The van der Waals surface area contributed by atoms with Crippen LogP contribution in [-0.4, -0.2) is 44.6 Å². The number of carbonyl (C=O) groups is 3. The molecule has 2 aromatic carbocycles. The van der Waals surface area contributed by atoms with Crippen LogP contribution in [0.15, 0.2) is 42.5 Å². The van der Waals surface area contributed by atoms with Crippen LogP contribution in [-0.2, 0) is 14.3 Å². The Balaban J connectivity index is 1.85. The van der Waals surface area contributed by atoms with Crippen molar-refractivity contribution in [2.24, 2.45) is 0 Å². The molecular weight excluding hydrogens is 378 g/mol. The molecule has 0 aliphatic carbocycles. The van der Waals surface area contributed by atoms with Crippen LogP contribution in [0.25, 0.3) is 0 Å². The van der Waals surface area contributed by atoms with Gasteiger partial charge in [-0.05, 0) is 56.3 Å². The highest BCUT2D eigenvalue weighted by atomic mass is 16.6.